The minimum atomic E-state index is -0.845. The first-order valence-electron chi connectivity index (χ1n) is 28.0. The Balaban J connectivity index is 1.18. The highest BCUT2D eigenvalue weighted by atomic mass is 16.5. The van der Waals surface area contributed by atoms with Gasteiger partial charge in [0.05, 0.1) is 88.9 Å². The summed E-state index contributed by atoms with van der Waals surface area (Å²) in [4.78, 5) is 87.9. The number of hydrogen-bond acceptors (Lipinski definition) is 15. The molecule has 20 heteroatoms. The second-order valence-electron chi connectivity index (χ2n) is 21.5. The van der Waals surface area contributed by atoms with Gasteiger partial charge in [0.25, 0.3) is 11.8 Å². The van der Waals surface area contributed by atoms with Crippen molar-refractivity contribution < 1.29 is 56.9 Å². The minimum absolute atomic E-state index is 0.0218. The molecule has 3 aromatic rings. The zero-order valence-corrected chi connectivity index (χ0v) is 48.5. The van der Waals surface area contributed by atoms with Crippen LogP contribution in [0.2, 0.25) is 0 Å². The van der Waals surface area contributed by atoms with Crippen LogP contribution < -0.4 is 10.6 Å². The Morgan fingerprint density at radius 3 is 2.00 bits per heavy atom. The van der Waals surface area contributed by atoms with E-state index < -0.39 is 48.3 Å². The molecule has 0 saturated carbocycles. The predicted molar refractivity (Wildman–Crippen MR) is 298 cm³/mol. The summed E-state index contributed by atoms with van der Waals surface area (Å²) in [7, 11) is 6.72. The van der Waals surface area contributed by atoms with Crippen LogP contribution in [0.3, 0.4) is 0 Å². The lowest BCUT2D eigenvalue weighted by molar-refractivity contribution is -0.147. The van der Waals surface area contributed by atoms with E-state index in [4.69, 9.17) is 28.1 Å². The molecule has 0 bridgehead atoms. The molecule has 20 nitrogen and oxygen atoms in total. The number of likely N-dealkylation sites (N-methyl/N-ethyl adjacent to an activating group) is 2. The summed E-state index contributed by atoms with van der Waals surface area (Å²) < 4.78 is 35.4. The van der Waals surface area contributed by atoms with E-state index in [0.29, 0.717) is 77.7 Å². The molecule has 1 fully saturated rings. The molecule has 1 aromatic heterocycles. The summed E-state index contributed by atoms with van der Waals surface area (Å²) in [6.07, 6.45) is 3.95. The van der Waals surface area contributed by atoms with Crippen LogP contribution in [-0.2, 0) is 58.9 Å². The molecule has 79 heavy (non-hydrogen) atoms. The summed E-state index contributed by atoms with van der Waals surface area (Å²) in [5.74, 6) is -1.86. The van der Waals surface area contributed by atoms with E-state index >= 15 is 0 Å². The maximum atomic E-state index is 14.8. The Kier molecular flexibility index (Phi) is 26.2. The van der Waals surface area contributed by atoms with Gasteiger partial charge in [-0.25, -0.2) is 0 Å². The Hall–Kier alpha value is -5.90. The van der Waals surface area contributed by atoms with E-state index in [0.717, 1.165) is 22.4 Å². The molecule has 2 aliphatic rings. The van der Waals surface area contributed by atoms with Crippen molar-refractivity contribution in [1.29, 1.82) is 0 Å². The van der Waals surface area contributed by atoms with Crippen LogP contribution >= 0.6 is 0 Å². The number of amides is 6. The molecule has 3 heterocycles. The highest BCUT2D eigenvalue weighted by molar-refractivity contribution is 6.12. The summed E-state index contributed by atoms with van der Waals surface area (Å²) in [6.45, 7) is 16.8. The standard InChI is InChI=1S/C59H88N8O12/c1-12-41(6)53(65(9)59(73)46(36-39(2)3)61-56(72)52(40(4)5)64(8)28-30-76-32-34-78-35-33-77-31-29-67-49(68)25-26-50(67)69)48(74-10)38-51(70)66-27-19-24-47(66)54(75-11)42(7)55(71)60-45(37-43-20-15-13-16-21-43)58-63-62-57(79-58)44-22-17-14-18-23-44/h13-18,20-23,25-26,39-42,45-48,52-54H,12,19,24,27-38H2,1-11H3,(H,60,71)(H,61,72)/t41-,42?,45-,46?,47-,48?,52?,53-,54?/m0/s1. The topological polar surface area (TPSA) is 225 Å². The number of rotatable bonds is 35. The molecule has 1 saturated heterocycles. The molecular formula is C59H88N8O12. The van der Waals surface area contributed by atoms with Crippen molar-refractivity contribution in [3.8, 4) is 11.5 Å². The van der Waals surface area contributed by atoms with E-state index in [1.54, 1.807) is 31.1 Å². The number of likely N-dealkylation sites (tertiary alicyclic amines) is 1. The van der Waals surface area contributed by atoms with Crippen LogP contribution in [-0.4, -0.2) is 189 Å². The van der Waals surface area contributed by atoms with E-state index in [1.807, 2.05) is 121 Å². The van der Waals surface area contributed by atoms with Crippen molar-refractivity contribution >= 4 is 35.4 Å². The van der Waals surface area contributed by atoms with Gasteiger partial charge < -0.3 is 48.5 Å². The van der Waals surface area contributed by atoms with Gasteiger partial charge in [0.1, 0.15) is 12.1 Å². The first kappa shape index (κ1) is 63.9. The van der Waals surface area contributed by atoms with Gasteiger partial charge in [-0.05, 0) is 61.8 Å². The molecule has 2 aliphatic heterocycles. The molecule has 0 spiro atoms. The molecule has 5 unspecified atom stereocenters. The Morgan fingerprint density at radius 1 is 0.785 bits per heavy atom. The fourth-order valence-corrected chi connectivity index (χ4v) is 10.6. The molecule has 6 amide bonds. The van der Waals surface area contributed by atoms with Crippen molar-refractivity contribution in [3.05, 3.63) is 84.3 Å². The Bertz CT molecular complexity index is 2390. The number of ether oxygens (including phenoxy) is 5. The third kappa shape index (κ3) is 18.6. The van der Waals surface area contributed by atoms with Crippen molar-refractivity contribution in [2.24, 2.45) is 23.7 Å². The molecule has 0 aliphatic carbocycles. The number of carbonyl (C=O) groups excluding carboxylic acids is 6. The number of hydrogen-bond donors (Lipinski definition) is 2. The lowest BCUT2D eigenvalue weighted by Gasteiger charge is -2.41. The highest BCUT2D eigenvalue weighted by Crippen LogP contribution is 2.31. The van der Waals surface area contributed by atoms with Crippen LogP contribution in [0.1, 0.15) is 98.1 Å². The zero-order chi connectivity index (χ0) is 57.6. The fraction of sp³-hybridized carbons (Fsp3) is 0.627. The molecule has 5 rings (SSSR count). The number of aromatic nitrogens is 2. The van der Waals surface area contributed by atoms with Gasteiger partial charge in [0.15, 0.2) is 0 Å². The summed E-state index contributed by atoms with van der Waals surface area (Å²) in [5.41, 5.74) is 1.73. The van der Waals surface area contributed by atoms with E-state index in [9.17, 15) is 28.8 Å². The van der Waals surface area contributed by atoms with Crippen molar-refractivity contribution in [2.75, 3.05) is 87.6 Å². The predicted octanol–water partition coefficient (Wildman–Crippen LogP) is 5.52. The molecule has 436 valence electrons. The van der Waals surface area contributed by atoms with Crippen molar-refractivity contribution in [3.63, 3.8) is 0 Å². The lowest BCUT2D eigenvalue weighted by atomic mass is 9.89. The van der Waals surface area contributed by atoms with Crippen LogP contribution in [0.15, 0.2) is 77.2 Å². The number of carbonyl (C=O) groups is 6. The van der Waals surface area contributed by atoms with Crippen molar-refractivity contribution in [2.45, 2.75) is 129 Å². The van der Waals surface area contributed by atoms with Crippen LogP contribution in [0.5, 0.6) is 0 Å². The first-order chi connectivity index (χ1) is 37.9. The number of methoxy groups -OCH3 is 2. The van der Waals surface area contributed by atoms with Gasteiger partial charge >= 0.3 is 0 Å². The quantitative estimate of drug-likeness (QED) is 0.0547. The summed E-state index contributed by atoms with van der Waals surface area (Å²) in [5, 5.41) is 15.0. The van der Waals surface area contributed by atoms with Crippen molar-refractivity contribution in [1.82, 2.24) is 40.4 Å². The number of benzene rings is 2. The summed E-state index contributed by atoms with van der Waals surface area (Å²) >= 11 is 0. The monoisotopic (exact) mass is 1100 g/mol. The SMILES string of the molecule is CC[C@H](C)[C@@H](C(CC(=O)N1CCC[C@H]1C(OC)C(C)C(=O)N[C@@H](Cc1ccccc1)c1nnc(-c2ccccc2)o1)OC)N(C)C(=O)C(CC(C)C)NC(=O)C(C(C)C)N(C)CCOCCOCCOCCN1C(=O)C=CC1=O. The van der Waals surface area contributed by atoms with Gasteiger partial charge in [0, 0.05) is 58.5 Å². The average molecular weight is 1100 g/mol. The number of imide groups is 1. The second kappa shape index (κ2) is 32.4. The lowest BCUT2D eigenvalue weighted by Crippen LogP contribution is -2.59. The maximum absolute atomic E-state index is 14.8. The van der Waals surface area contributed by atoms with Gasteiger partial charge in [0.2, 0.25) is 35.4 Å². The van der Waals surface area contributed by atoms with Gasteiger partial charge in [-0.1, -0.05) is 103 Å². The van der Waals surface area contributed by atoms with Crippen LogP contribution in [0, 0.1) is 23.7 Å². The molecule has 2 N–H and O–H groups in total. The second-order valence-corrected chi connectivity index (χ2v) is 21.5. The first-order valence-corrected chi connectivity index (χ1v) is 28.0. The van der Waals surface area contributed by atoms with Gasteiger partial charge in [-0.2, -0.15) is 0 Å². The maximum Gasteiger partial charge on any atom is 0.253 e. The summed E-state index contributed by atoms with van der Waals surface area (Å²) in [6, 6.07) is 16.2. The Morgan fingerprint density at radius 2 is 1.41 bits per heavy atom. The van der Waals surface area contributed by atoms with E-state index in [-0.39, 0.29) is 78.7 Å². The van der Waals surface area contributed by atoms with Crippen LogP contribution in [0.25, 0.3) is 11.5 Å². The fourth-order valence-electron chi connectivity index (χ4n) is 10.6. The molecule has 9 atom stereocenters. The smallest absolute Gasteiger partial charge is 0.253 e. The van der Waals surface area contributed by atoms with Gasteiger partial charge in [-0.15, -0.1) is 10.2 Å². The zero-order valence-electron chi connectivity index (χ0n) is 48.5. The Labute approximate surface area is 467 Å². The molecule has 0 radical (unpaired) electrons. The normalized spacial score (nSPS) is 17.7. The number of nitrogens with one attached hydrogen (secondary N) is 2. The minimum Gasteiger partial charge on any atom is -0.418 e. The third-order valence-electron chi connectivity index (χ3n) is 15.0. The number of nitrogens with zero attached hydrogens (tertiary/aromatic N) is 6. The largest absolute Gasteiger partial charge is 0.418 e. The van der Waals surface area contributed by atoms with E-state index in [1.165, 1.54) is 12.2 Å². The van der Waals surface area contributed by atoms with E-state index in [2.05, 4.69) is 20.8 Å². The highest BCUT2D eigenvalue weighted by Gasteiger charge is 2.43. The van der Waals surface area contributed by atoms with Crippen LogP contribution in [0.4, 0.5) is 0 Å². The van der Waals surface area contributed by atoms with Gasteiger partial charge in [-0.3, -0.25) is 38.6 Å². The average Bonchev–Trinajstić information content (AvgIpc) is 4.22. The molecular weight excluding hydrogens is 1010 g/mol. The third-order valence-corrected chi connectivity index (χ3v) is 15.0. The molecule has 2 aromatic carbocycles.